The molecule has 0 radical (unpaired) electrons. The van der Waals surface area contributed by atoms with E-state index in [-0.39, 0.29) is 65.9 Å². The molecular weight excluding hydrogens is 566 g/mol. The zero-order valence-electron chi connectivity index (χ0n) is 26.6. The number of likely N-dealkylation sites (tertiary alicyclic amines) is 1. The minimum absolute atomic E-state index is 0.0367. The summed E-state index contributed by atoms with van der Waals surface area (Å²) in [7, 11) is 6.88. The molecule has 10 heteroatoms. The van der Waals surface area contributed by atoms with E-state index in [2.05, 4.69) is 11.8 Å². The molecule has 6 fully saturated rings. The van der Waals surface area contributed by atoms with Crippen molar-refractivity contribution in [2.24, 2.45) is 40.4 Å². The van der Waals surface area contributed by atoms with E-state index in [9.17, 15) is 14.7 Å². The second-order valence-corrected chi connectivity index (χ2v) is 14.1. The molecule has 0 aromatic heterocycles. The summed E-state index contributed by atoms with van der Waals surface area (Å²) in [5.74, 6) is -1.57. The quantitative estimate of drug-likeness (QED) is 0.417. The zero-order valence-corrected chi connectivity index (χ0v) is 26.6. The molecule has 0 amide bonds. The lowest BCUT2D eigenvalue weighted by molar-refractivity contribution is -0.297. The first-order valence-electron chi connectivity index (χ1n) is 16.1. The maximum Gasteiger partial charge on any atom is 0.338 e. The summed E-state index contributed by atoms with van der Waals surface area (Å²) in [6.07, 6.45) is -0.424. The number of rotatable bonds is 9. The Labute approximate surface area is 259 Å². The van der Waals surface area contributed by atoms with Crippen LogP contribution in [0.25, 0.3) is 0 Å². The van der Waals surface area contributed by atoms with Crippen molar-refractivity contribution in [2.45, 2.75) is 75.3 Å². The molecule has 6 aliphatic rings. The fourth-order valence-corrected chi connectivity index (χ4v) is 12.2. The average Bonchev–Trinajstić information content (AvgIpc) is 3.44. The van der Waals surface area contributed by atoms with Gasteiger partial charge in [-0.15, -0.1) is 0 Å². The van der Waals surface area contributed by atoms with E-state index >= 15 is 0 Å². The molecule has 44 heavy (non-hydrogen) atoms. The van der Waals surface area contributed by atoms with Crippen molar-refractivity contribution in [3.63, 3.8) is 0 Å². The van der Waals surface area contributed by atoms with Gasteiger partial charge < -0.3 is 33.5 Å². The Kier molecular flexibility index (Phi) is 7.46. The first-order valence-corrected chi connectivity index (χ1v) is 16.1. The number of nitrogens with zero attached hydrogens (tertiary/aromatic N) is 1. The van der Waals surface area contributed by atoms with Crippen LogP contribution in [0.3, 0.4) is 0 Å². The van der Waals surface area contributed by atoms with Gasteiger partial charge in [0.15, 0.2) is 0 Å². The van der Waals surface area contributed by atoms with Gasteiger partial charge in [0.1, 0.15) is 11.7 Å². The van der Waals surface area contributed by atoms with E-state index in [1.54, 1.807) is 40.6 Å². The molecule has 1 heterocycles. The highest BCUT2D eigenvalue weighted by Gasteiger charge is 2.89. The third kappa shape index (κ3) is 3.64. The van der Waals surface area contributed by atoms with Gasteiger partial charge in [0.25, 0.3) is 0 Å². The van der Waals surface area contributed by atoms with Crippen LogP contribution in [0.1, 0.15) is 43.5 Å². The fraction of sp³-hybridized carbons (Fsp3) is 0.765. The summed E-state index contributed by atoms with van der Waals surface area (Å²) in [5, 5.41) is 12.0. The standard InChI is InChI=1S/C34H47NO9/c1-7-35-16-32(17-39-3)23(37)14-24(41-5)34-21-13-20-22(40-4)15-33(44-18(2)36,26(30(34)35)28(42-6)29(32)34)25(21)27(20)43-31(38)19-11-9-8-10-12-19/h8-12,20-30,37H,7,13-17H2,1-6H3/t20-,21-,22+,23-,24+,25-,26+,27+,28+,29-,30?,32+,33-,34+/m1/s1. The van der Waals surface area contributed by atoms with Gasteiger partial charge in [-0.3, -0.25) is 9.69 Å². The summed E-state index contributed by atoms with van der Waals surface area (Å²) in [4.78, 5) is 29.4. The van der Waals surface area contributed by atoms with Gasteiger partial charge in [-0.25, -0.2) is 4.79 Å². The predicted molar refractivity (Wildman–Crippen MR) is 158 cm³/mol. The van der Waals surface area contributed by atoms with Crippen LogP contribution in [0, 0.1) is 40.4 Å². The molecule has 14 atom stereocenters. The second-order valence-electron chi connectivity index (χ2n) is 14.1. The molecular formula is C34H47NO9. The Balaban J connectivity index is 1.48. The zero-order chi connectivity index (χ0) is 31.2. The Morgan fingerprint density at radius 2 is 1.75 bits per heavy atom. The molecule has 1 aliphatic heterocycles. The van der Waals surface area contributed by atoms with Gasteiger partial charge in [0.05, 0.1) is 36.6 Å². The van der Waals surface area contributed by atoms with Gasteiger partial charge in [-0.2, -0.15) is 0 Å². The van der Waals surface area contributed by atoms with E-state index in [1.165, 1.54) is 6.92 Å². The molecule has 5 aliphatic carbocycles. The Morgan fingerprint density at radius 3 is 2.36 bits per heavy atom. The van der Waals surface area contributed by atoms with Gasteiger partial charge >= 0.3 is 11.9 Å². The number of carbonyl (C=O) groups is 2. The van der Waals surface area contributed by atoms with Crippen molar-refractivity contribution in [3.8, 4) is 0 Å². The Morgan fingerprint density at radius 1 is 1.00 bits per heavy atom. The minimum Gasteiger partial charge on any atom is -0.458 e. The number of hydrogen-bond acceptors (Lipinski definition) is 10. The molecule has 1 saturated heterocycles. The van der Waals surface area contributed by atoms with E-state index in [0.29, 0.717) is 31.6 Å². The topological polar surface area (TPSA) is 113 Å². The maximum atomic E-state index is 13.7. The van der Waals surface area contributed by atoms with Crippen molar-refractivity contribution < 1.29 is 43.1 Å². The Hall–Kier alpha value is -2.08. The number of ether oxygens (including phenoxy) is 6. The minimum atomic E-state index is -1.01. The third-order valence-corrected chi connectivity index (χ3v) is 13.0. The number of carbonyl (C=O) groups excluding carboxylic acids is 2. The lowest BCUT2D eigenvalue weighted by atomic mass is 9.42. The van der Waals surface area contributed by atoms with E-state index in [1.807, 2.05) is 18.2 Å². The molecule has 7 rings (SSSR count). The molecule has 1 N–H and O–H groups in total. The molecule has 242 valence electrons. The van der Waals surface area contributed by atoms with Crippen LogP contribution < -0.4 is 0 Å². The van der Waals surface area contributed by atoms with Crippen molar-refractivity contribution in [3.05, 3.63) is 35.9 Å². The lowest BCUT2D eigenvalue weighted by Gasteiger charge is -2.70. The number of aliphatic hydroxyl groups is 1. The SMILES string of the molecule is CCN1C[C@]2(COC)[C@H](O)C[C@H](OC)[C@]34C1[C@H]([C@H](OC)[C@H]23)[C@@]1(OC(C)=O)C[C@H](OC)[C@H]2C[C@@H]4[C@@H]1[C@H]2OC(=O)c1ccccc1. The number of aliphatic hydroxyl groups excluding tert-OH is 1. The van der Waals surface area contributed by atoms with Crippen LogP contribution in [0.5, 0.6) is 0 Å². The number of benzene rings is 1. The van der Waals surface area contributed by atoms with Crippen molar-refractivity contribution in [2.75, 3.05) is 48.1 Å². The summed E-state index contributed by atoms with van der Waals surface area (Å²) >= 11 is 0. The van der Waals surface area contributed by atoms with E-state index < -0.39 is 28.6 Å². The average molecular weight is 614 g/mol. The summed E-state index contributed by atoms with van der Waals surface area (Å²) < 4.78 is 38.3. The highest BCUT2D eigenvalue weighted by Crippen LogP contribution is 2.80. The summed E-state index contributed by atoms with van der Waals surface area (Å²) in [6.45, 7) is 5.40. The molecule has 1 aromatic carbocycles. The normalized spacial score (nSPS) is 48.2. The molecule has 1 aromatic rings. The number of methoxy groups -OCH3 is 4. The second kappa shape index (κ2) is 10.7. The van der Waals surface area contributed by atoms with Crippen molar-refractivity contribution >= 4 is 11.9 Å². The van der Waals surface area contributed by atoms with Crippen LogP contribution in [-0.4, -0.2) is 112 Å². The molecule has 1 spiro atoms. The van der Waals surface area contributed by atoms with Crippen LogP contribution in [0.2, 0.25) is 0 Å². The van der Waals surface area contributed by atoms with Crippen molar-refractivity contribution in [1.82, 2.24) is 4.90 Å². The summed E-state index contributed by atoms with van der Waals surface area (Å²) in [6, 6.07) is 9.02. The molecule has 1 unspecified atom stereocenters. The largest absolute Gasteiger partial charge is 0.458 e. The van der Waals surface area contributed by atoms with Crippen LogP contribution in [-0.2, 0) is 33.2 Å². The van der Waals surface area contributed by atoms with Gasteiger partial charge in [0.2, 0.25) is 0 Å². The highest BCUT2D eigenvalue weighted by atomic mass is 16.6. The Bertz CT molecular complexity index is 1280. The third-order valence-electron chi connectivity index (χ3n) is 13.0. The monoisotopic (exact) mass is 613 g/mol. The molecule has 5 saturated carbocycles. The van der Waals surface area contributed by atoms with E-state index in [4.69, 9.17) is 28.4 Å². The highest BCUT2D eigenvalue weighted by molar-refractivity contribution is 5.89. The number of piperidine rings is 1. The van der Waals surface area contributed by atoms with Crippen LogP contribution in [0.4, 0.5) is 0 Å². The van der Waals surface area contributed by atoms with Crippen LogP contribution >= 0.6 is 0 Å². The summed E-state index contributed by atoms with van der Waals surface area (Å²) in [5.41, 5.74) is -1.61. The van der Waals surface area contributed by atoms with Gasteiger partial charge in [-0.05, 0) is 31.0 Å². The lowest BCUT2D eigenvalue weighted by Crippen LogP contribution is -2.79. The first kappa shape index (κ1) is 30.6. The smallest absolute Gasteiger partial charge is 0.338 e. The van der Waals surface area contributed by atoms with Gasteiger partial charge in [-0.1, -0.05) is 25.1 Å². The first-order chi connectivity index (χ1) is 21.2. The molecule has 10 nitrogen and oxygen atoms in total. The predicted octanol–water partition coefficient (Wildman–Crippen LogP) is 2.56. The molecule has 7 bridgehead atoms. The number of esters is 2. The number of hydrogen-bond donors (Lipinski definition) is 1. The maximum absolute atomic E-state index is 13.7. The fourth-order valence-electron chi connectivity index (χ4n) is 12.2. The van der Waals surface area contributed by atoms with Gasteiger partial charge in [0, 0.05) is 95.3 Å². The number of fused-ring (bicyclic) bond motifs is 2. The van der Waals surface area contributed by atoms with Crippen molar-refractivity contribution in [1.29, 1.82) is 0 Å². The van der Waals surface area contributed by atoms with Crippen LogP contribution in [0.15, 0.2) is 30.3 Å². The van der Waals surface area contributed by atoms with E-state index in [0.717, 1.165) is 13.0 Å².